The average Bonchev–Trinajstić information content (AvgIpc) is 2.80. The molecule has 16 heavy (non-hydrogen) atoms. The molecular weight excluding hydrogens is 200 g/mol. The van der Waals surface area contributed by atoms with E-state index in [0.717, 1.165) is 24.2 Å². The fraction of sp³-hybridized carbons (Fsp3) is 0.250. The first-order valence-corrected chi connectivity index (χ1v) is 5.32. The molecule has 1 atom stereocenters. The van der Waals surface area contributed by atoms with Crippen LogP contribution in [-0.4, -0.2) is 9.55 Å². The molecule has 4 heteroatoms. The highest BCUT2D eigenvalue weighted by Gasteiger charge is 2.05. The van der Waals surface area contributed by atoms with Gasteiger partial charge in [0.25, 0.3) is 0 Å². The number of imidazole rings is 1. The van der Waals surface area contributed by atoms with E-state index in [9.17, 15) is 0 Å². The summed E-state index contributed by atoms with van der Waals surface area (Å²) >= 11 is 0. The predicted octanol–water partition coefficient (Wildman–Crippen LogP) is 1.56. The Kier molecular flexibility index (Phi) is 3.22. The maximum absolute atomic E-state index is 6.09. The van der Waals surface area contributed by atoms with Gasteiger partial charge in [-0.1, -0.05) is 12.1 Å². The van der Waals surface area contributed by atoms with Gasteiger partial charge in [-0.3, -0.25) is 0 Å². The standard InChI is InChI=1S/C12H16N4/c13-11-3-1-10(2-4-11)12(14)5-7-16-8-6-15-9-16/h1-4,6,8-9,12H,5,7,13-14H2. The van der Waals surface area contributed by atoms with E-state index in [2.05, 4.69) is 4.98 Å². The zero-order valence-corrected chi connectivity index (χ0v) is 9.08. The fourth-order valence-corrected chi connectivity index (χ4v) is 1.62. The summed E-state index contributed by atoms with van der Waals surface area (Å²) in [5.41, 5.74) is 13.6. The number of anilines is 1. The van der Waals surface area contributed by atoms with E-state index < -0.39 is 0 Å². The second kappa shape index (κ2) is 4.81. The Bertz CT molecular complexity index is 419. The number of rotatable bonds is 4. The molecule has 0 radical (unpaired) electrons. The predicted molar refractivity (Wildman–Crippen MR) is 64.6 cm³/mol. The summed E-state index contributed by atoms with van der Waals surface area (Å²) in [6, 6.07) is 7.77. The number of hydrogen-bond acceptors (Lipinski definition) is 3. The Morgan fingerprint density at radius 3 is 2.62 bits per heavy atom. The normalized spacial score (nSPS) is 12.6. The highest BCUT2D eigenvalue weighted by molar-refractivity contribution is 5.40. The van der Waals surface area contributed by atoms with E-state index in [1.807, 2.05) is 35.0 Å². The van der Waals surface area contributed by atoms with Gasteiger partial charge in [0, 0.05) is 30.7 Å². The van der Waals surface area contributed by atoms with Gasteiger partial charge in [-0.05, 0) is 24.1 Å². The van der Waals surface area contributed by atoms with Crippen LogP contribution in [0.2, 0.25) is 0 Å². The van der Waals surface area contributed by atoms with Crippen LogP contribution in [0, 0.1) is 0 Å². The van der Waals surface area contributed by atoms with Crippen LogP contribution in [0.1, 0.15) is 18.0 Å². The summed E-state index contributed by atoms with van der Waals surface area (Å²) < 4.78 is 2.02. The largest absolute Gasteiger partial charge is 0.399 e. The molecule has 4 nitrogen and oxygen atoms in total. The minimum absolute atomic E-state index is 0.0444. The van der Waals surface area contributed by atoms with Gasteiger partial charge in [0.15, 0.2) is 0 Å². The quantitative estimate of drug-likeness (QED) is 0.762. The fourth-order valence-electron chi connectivity index (χ4n) is 1.62. The molecule has 0 aliphatic rings. The number of aromatic nitrogens is 2. The number of hydrogen-bond donors (Lipinski definition) is 2. The summed E-state index contributed by atoms with van der Waals surface area (Å²) in [4.78, 5) is 3.99. The molecule has 1 aromatic carbocycles. The van der Waals surface area contributed by atoms with E-state index in [1.54, 1.807) is 12.5 Å². The van der Waals surface area contributed by atoms with E-state index in [4.69, 9.17) is 11.5 Å². The average molecular weight is 216 g/mol. The molecule has 0 saturated carbocycles. The molecule has 0 fully saturated rings. The summed E-state index contributed by atoms with van der Waals surface area (Å²) in [5, 5.41) is 0. The van der Waals surface area contributed by atoms with Gasteiger partial charge in [0.1, 0.15) is 0 Å². The van der Waals surface area contributed by atoms with Crippen LogP contribution >= 0.6 is 0 Å². The molecule has 1 heterocycles. The second-order valence-corrected chi connectivity index (χ2v) is 3.86. The van der Waals surface area contributed by atoms with Gasteiger partial charge < -0.3 is 16.0 Å². The number of aryl methyl sites for hydroxylation is 1. The van der Waals surface area contributed by atoms with Crippen molar-refractivity contribution in [3.8, 4) is 0 Å². The van der Waals surface area contributed by atoms with E-state index in [1.165, 1.54) is 0 Å². The van der Waals surface area contributed by atoms with E-state index in [-0.39, 0.29) is 6.04 Å². The topological polar surface area (TPSA) is 69.9 Å². The van der Waals surface area contributed by atoms with E-state index in [0.29, 0.717) is 0 Å². The molecule has 0 aliphatic carbocycles. The Morgan fingerprint density at radius 1 is 1.25 bits per heavy atom. The summed E-state index contributed by atoms with van der Waals surface area (Å²) in [7, 11) is 0. The molecule has 0 bridgehead atoms. The van der Waals surface area contributed by atoms with Crippen molar-refractivity contribution in [1.82, 2.24) is 9.55 Å². The lowest BCUT2D eigenvalue weighted by Gasteiger charge is -2.12. The van der Waals surface area contributed by atoms with Crippen LogP contribution in [0.4, 0.5) is 5.69 Å². The van der Waals surface area contributed by atoms with Gasteiger partial charge in [-0.25, -0.2) is 4.98 Å². The van der Waals surface area contributed by atoms with Crippen LogP contribution in [0.25, 0.3) is 0 Å². The summed E-state index contributed by atoms with van der Waals surface area (Å²) in [5.74, 6) is 0. The maximum Gasteiger partial charge on any atom is 0.0945 e. The monoisotopic (exact) mass is 216 g/mol. The lowest BCUT2D eigenvalue weighted by Crippen LogP contribution is -2.13. The van der Waals surface area contributed by atoms with Crippen molar-refractivity contribution in [2.24, 2.45) is 5.73 Å². The summed E-state index contributed by atoms with van der Waals surface area (Å²) in [6.07, 6.45) is 6.40. The molecule has 0 aliphatic heterocycles. The highest BCUT2D eigenvalue weighted by atomic mass is 15.0. The van der Waals surface area contributed by atoms with Crippen molar-refractivity contribution < 1.29 is 0 Å². The Hall–Kier alpha value is -1.81. The van der Waals surface area contributed by atoms with E-state index >= 15 is 0 Å². The van der Waals surface area contributed by atoms with Crippen molar-refractivity contribution in [2.45, 2.75) is 19.0 Å². The molecule has 0 amide bonds. The second-order valence-electron chi connectivity index (χ2n) is 3.86. The molecule has 4 N–H and O–H groups in total. The van der Waals surface area contributed by atoms with Crippen molar-refractivity contribution in [2.75, 3.05) is 5.73 Å². The highest BCUT2D eigenvalue weighted by Crippen LogP contribution is 2.16. The lowest BCUT2D eigenvalue weighted by atomic mass is 10.0. The first-order valence-electron chi connectivity index (χ1n) is 5.32. The third kappa shape index (κ3) is 2.61. The first kappa shape index (κ1) is 10.7. The van der Waals surface area contributed by atoms with Crippen molar-refractivity contribution in [3.05, 3.63) is 48.5 Å². The number of benzene rings is 1. The van der Waals surface area contributed by atoms with Crippen LogP contribution in [0.3, 0.4) is 0 Å². The van der Waals surface area contributed by atoms with Crippen molar-refractivity contribution >= 4 is 5.69 Å². The van der Waals surface area contributed by atoms with Crippen LogP contribution in [-0.2, 0) is 6.54 Å². The SMILES string of the molecule is Nc1ccc(C(N)CCn2ccnc2)cc1. The molecule has 2 rings (SSSR count). The minimum Gasteiger partial charge on any atom is -0.399 e. The van der Waals surface area contributed by atoms with Gasteiger partial charge in [0.2, 0.25) is 0 Å². The van der Waals surface area contributed by atoms with Crippen LogP contribution in [0.15, 0.2) is 43.0 Å². The number of nitrogen functional groups attached to an aromatic ring is 1. The van der Waals surface area contributed by atoms with Gasteiger partial charge in [-0.2, -0.15) is 0 Å². The van der Waals surface area contributed by atoms with Gasteiger partial charge in [0.05, 0.1) is 6.33 Å². The molecule has 0 saturated heterocycles. The Labute approximate surface area is 94.9 Å². The molecule has 1 unspecified atom stereocenters. The number of nitrogens with zero attached hydrogens (tertiary/aromatic N) is 2. The van der Waals surface area contributed by atoms with Crippen molar-refractivity contribution in [3.63, 3.8) is 0 Å². The van der Waals surface area contributed by atoms with Crippen molar-refractivity contribution in [1.29, 1.82) is 0 Å². The third-order valence-electron chi connectivity index (χ3n) is 2.62. The number of nitrogens with two attached hydrogens (primary N) is 2. The van der Waals surface area contributed by atoms with Crippen LogP contribution < -0.4 is 11.5 Å². The molecule has 2 aromatic rings. The maximum atomic E-state index is 6.09. The molecule has 84 valence electrons. The van der Waals surface area contributed by atoms with Crippen LogP contribution in [0.5, 0.6) is 0 Å². The zero-order valence-electron chi connectivity index (χ0n) is 9.08. The lowest BCUT2D eigenvalue weighted by molar-refractivity contribution is 0.560. The molecule has 0 spiro atoms. The Morgan fingerprint density at radius 2 is 2.00 bits per heavy atom. The smallest absolute Gasteiger partial charge is 0.0945 e. The first-order chi connectivity index (χ1) is 7.75. The molecule has 1 aromatic heterocycles. The molecular formula is C12H16N4. The minimum atomic E-state index is 0.0444. The van der Waals surface area contributed by atoms with Gasteiger partial charge in [-0.15, -0.1) is 0 Å². The zero-order chi connectivity index (χ0) is 11.4. The Balaban J connectivity index is 1.93. The summed E-state index contributed by atoms with van der Waals surface area (Å²) in [6.45, 7) is 0.880. The van der Waals surface area contributed by atoms with Gasteiger partial charge >= 0.3 is 0 Å². The third-order valence-corrected chi connectivity index (χ3v) is 2.62.